The first-order chi connectivity index (χ1) is 9.15. The summed E-state index contributed by atoms with van der Waals surface area (Å²) in [7, 11) is 0. The van der Waals surface area contributed by atoms with E-state index in [-0.39, 0.29) is 5.56 Å². The zero-order chi connectivity index (χ0) is 13.4. The minimum absolute atomic E-state index is 0.00208. The number of benzene rings is 1. The van der Waals surface area contributed by atoms with Gasteiger partial charge in [-0.3, -0.25) is 19.8 Å². The van der Waals surface area contributed by atoms with E-state index in [2.05, 4.69) is 15.0 Å². The highest BCUT2D eigenvalue weighted by atomic mass is 16.3. The zero-order valence-corrected chi connectivity index (χ0v) is 9.68. The summed E-state index contributed by atoms with van der Waals surface area (Å²) >= 11 is 0. The third-order valence-electron chi connectivity index (χ3n) is 2.82. The van der Waals surface area contributed by atoms with Crippen LogP contribution in [-0.4, -0.2) is 21.3 Å². The molecule has 2 heterocycles. The van der Waals surface area contributed by atoms with Crippen LogP contribution in [-0.2, 0) is 0 Å². The van der Waals surface area contributed by atoms with Gasteiger partial charge in [0.2, 0.25) is 5.88 Å². The maximum absolute atomic E-state index is 11.6. The maximum atomic E-state index is 11.6. The number of para-hydroxylation sites is 1. The molecule has 0 radical (unpaired) electrons. The number of allylic oxidation sites excluding steroid dienone is 1. The van der Waals surface area contributed by atoms with Gasteiger partial charge in [0.1, 0.15) is 5.56 Å². The molecule has 0 amide bonds. The molecule has 19 heavy (non-hydrogen) atoms. The van der Waals surface area contributed by atoms with Gasteiger partial charge in [0.15, 0.2) is 0 Å². The largest absolute Gasteiger partial charge is 0.494 e. The van der Waals surface area contributed by atoms with E-state index < -0.39 is 17.1 Å². The number of rotatable bonds is 1. The van der Waals surface area contributed by atoms with Crippen molar-refractivity contribution in [1.29, 1.82) is 0 Å². The molecular formula is C13H9N3O3. The average molecular weight is 255 g/mol. The number of aromatic hydroxyl groups is 1. The Morgan fingerprint density at radius 2 is 1.95 bits per heavy atom. The Bertz CT molecular complexity index is 828. The van der Waals surface area contributed by atoms with Gasteiger partial charge in [0, 0.05) is 17.4 Å². The standard InChI is InChI=1S/C13H9N3O3/c17-11-9(12(18)16-13(19)15-11)5-7-6-14-10-4-2-1-3-8(7)10/h1-6H,(H3,15,16,17,18,19)/b7-5+. The summed E-state index contributed by atoms with van der Waals surface area (Å²) in [5, 5.41) is 9.62. The molecule has 3 rings (SSSR count). The fraction of sp³-hybridized carbons (Fsp3) is 0. The van der Waals surface area contributed by atoms with Gasteiger partial charge < -0.3 is 5.11 Å². The van der Waals surface area contributed by atoms with E-state index >= 15 is 0 Å². The molecular weight excluding hydrogens is 246 g/mol. The van der Waals surface area contributed by atoms with Crippen LogP contribution in [0.25, 0.3) is 11.6 Å². The van der Waals surface area contributed by atoms with Crippen molar-refractivity contribution in [3.8, 4) is 5.88 Å². The van der Waals surface area contributed by atoms with E-state index in [0.29, 0.717) is 5.57 Å². The van der Waals surface area contributed by atoms with Gasteiger partial charge in [-0.25, -0.2) is 4.79 Å². The van der Waals surface area contributed by atoms with Crippen molar-refractivity contribution in [2.45, 2.75) is 0 Å². The predicted octanol–water partition coefficient (Wildman–Crippen LogP) is 1.03. The van der Waals surface area contributed by atoms with Crippen molar-refractivity contribution in [2.75, 3.05) is 0 Å². The molecule has 1 aliphatic heterocycles. The number of aliphatic imine (C=N–C) groups is 1. The van der Waals surface area contributed by atoms with Crippen molar-refractivity contribution in [3.63, 3.8) is 0 Å². The maximum Gasteiger partial charge on any atom is 0.328 e. The van der Waals surface area contributed by atoms with E-state index in [0.717, 1.165) is 11.3 Å². The Labute approximate surface area is 106 Å². The molecule has 0 saturated carbocycles. The zero-order valence-electron chi connectivity index (χ0n) is 9.68. The predicted molar refractivity (Wildman–Crippen MR) is 71.8 cm³/mol. The minimum atomic E-state index is -0.745. The number of aromatic amines is 2. The second-order valence-corrected chi connectivity index (χ2v) is 4.05. The molecule has 94 valence electrons. The number of nitrogens with one attached hydrogen (secondary N) is 2. The Morgan fingerprint density at radius 3 is 2.74 bits per heavy atom. The summed E-state index contributed by atoms with van der Waals surface area (Å²) < 4.78 is 0. The molecule has 0 saturated heterocycles. The molecule has 6 heteroatoms. The smallest absolute Gasteiger partial charge is 0.328 e. The Morgan fingerprint density at radius 1 is 1.16 bits per heavy atom. The SMILES string of the molecule is O=c1[nH]c(O)c(/C=C2\C=Nc3ccccc32)c(=O)[nH]1. The first-order valence-corrected chi connectivity index (χ1v) is 5.56. The quantitative estimate of drug-likeness (QED) is 0.709. The molecule has 1 aromatic heterocycles. The highest BCUT2D eigenvalue weighted by Gasteiger charge is 2.13. The second kappa shape index (κ2) is 4.09. The van der Waals surface area contributed by atoms with Gasteiger partial charge in [-0.05, 0) is 12.1 Å². The van der Waals surface area contributed by atoms with Crippen LogP contribution in [0, 0.1) is 0 Å². The molecule has 1 aliphatic rings. The Balaban J connectivity index is 2.18. The fourth-order valence-electron chi connectivity index (χ4n) is 1.93. The normalized spacial score (nSPS) is 14.8. The number of hydrogen-bond acceptors (Lipinski definition) is 4. The van der Waals surface area contributed by atoms with Crippen molar-refractivity contribution in [3.05, 3.63) is 56.2 Å². The summed E-state index contributed by atoms with van der Waals surface area (Å²) in [6.45, 7) is 0. The van der Waals surface area contributed by atoms with E-state index in [1.165, 1.54) is 6.08 Å². The highest BCUT2D eigenvalue weighted by molar-refractivity contribution is 6.21. The Kier molecular flexibility index (Phi) is 2.42. The van der Waals surface area contributed by atoms with Crippen LogP contribution in [0.5, 0.6) is 5.88 Å². The molecule has 0 aliphatic carbocycles. The van der Waals surface area contributed by atoms with Crippen molar-refractivity contribution >= 4 is 23.6 Å². The van der Waals surface area contributed by atoms with Crippen molar-refractivity contribution < 1.29 is 5.11 Å². The van der Waals surface area contributed by atoms with Crippen LogP contribution in [0.4, 0.5) is 5.69 Å². The topological polar surface area (TPSA) is 98.3 Å². The summed E-state index contributed by atoms with van der Waals surface area (Å²) in [6, 6.07) is 7.44. The number of hydrogen-bond donors (Lipinski definition) is 3. The van der Waals surface area contributed by atoms with Crippen LogP contribution >= 0.6 is 0 Å². The van der Waals surface area contributed by atoms with E-state index in [9.17, 15) is 14.7 Å². The number of fused-ring (bicyclic) bond motifs is 1. The van der Waals surface area contributed by atoms with Gasteiger partial charge in [0.25, 0.3) is 5.56 Å². The lowest BCUT2D eigenvalue weighted by atomic mass is 10.1. The van der Waals surface area contributed by atoms with Gasteiger partial charge in [-0.1, -0.05) is 18.2 Å². The molecule has 6 nitrogen and oxygen atoms in total. The number of nitrogens with zero attached hydrogens (tertiary/aromatic N) is 1. The molecule has 0 unspecified atom stereocenters. The first-order valence-electron chi connectivity index (χ1n) is 5.56. The number of H-pyrrole nitrogens is 2. The van der Waals surface area contributed by atoms with Crippen LogP contribution in [0.2, 0.25) is 0 Å². The van der Waals surface area contributed by atoms with Crippen LogP contribution < -0.4 is 11.2 Å². The summed E-state index contributed by atoms with van der Waals surface area (Å²) in [5.74, 6) is -0.459. The molecule has 0 bridgehead atoms. The summed E-state index contributed by atoms with van der Waals surface area (Å²) in [4.78, 5) is 31.0. The van der Waals surface area contributed by atoms with Crippen molar-refractivity contribution in [1.82, 2.24) is 9.97 Å². The second-order valence-electron chi connectivity index (χ2n) is 4.05. The van der Waals surface area contributed by atoms with Gasteiger partial charge in [-0.2, -0.15) is 0 Å². The first kappa shape index (κ1) is 11.2. The van der Waals surface area contributed by atoms with E-state index in [1.807, 2.05) is 24.3 Å². The molecule has 0 atom stereocenters. The Hall–Kier alpha value is -2.89. The van der Waals surface area contributed by atoms with Gasteiger partial charge in [0.05, 0.1) is 5.69 Å². The lowest BCUT2D eigenvalue weighted by Crippen LogP contribution is -2.23. The third-order valence-corrected chi connectivity index (χ3v) is 2.82. The third kappa shape index (κ3) is 1.89. The molecule has 1 aromatic carbocycles. The lowest BCUT2D eigenvalue weighted by Gasteiger charge is -2.00. The monoisotopic (exact) mass is 255 g/mol. The summed E-state index contributed by atoms with van der Waals surface area (Å²) in [6.07, 6.45) is 3.09. The van der Waals surface area contributed by atoms with Crippen LogP contribution in [0.1, 0.15) is 11.1 Å². The molecule has 3 N–H and O–H groups in total. The lowest BCUT2D eigenvalue weighted by molar-refractivity contribution is 0.447. The van der Waals surface area contributed by atoms with Gasteiger partial charge in [-0.15, -0.1) is 0 Å². The van der Waals surface area contributed by atoms with Crippen LogP contribution in [0.15, 0.2) is 38.8 Å². The van der Waals surface area contributed by atoms with Crippen LogP contribution in [0.3, 0.4) is 0 Å². The molecule has 0 fully saturated rings. The van der Waals surface area contributed by atoms with Gasteiger partial charge >= 0.3 is 5.69 Å². The van der Waals surface area contributed by atoms with E-state index in [1.54, 1.807) is 6.21 Å². The highest BCUT2D eigenvalue weighted by Crippen LogP contribution is 2.32. The summed E-state index contributed by atoms with van der Waals surface area (Å²) in [5.41, 5.74) is 0.972. The molecule has 2 aromatic rings. The fourth-order valence-corrected chi connectivity index (χ4v) is 1.93. The molecule has 0 spiro atoms. The number of aromatic nitrogens is 2. The van der Waals surface area contributed by atoms with Crippen molar-refractivity contribution in [2.24, 2.45) is 4.99 Å². The minimum Gasteiger partial charge on any atom is -0.494 e. The average Bonchev–Trinajstić information content (AvgIpc) is 2.77. The van der Waals surface area contributed by atoms with E-state index in [4.69, 9.17) is 0 Å².